The molecule has 4 nitrogen and oxygen atoms in total. The maximum atomic E-state index is 13.6. The van der Waals surface area contributed by atoms with E-state index in [0.717, 1.165) is 18.2 Å². The van der Waals surface area contributed by atoms with Crippen LogP contribution in [0.5, 0.6) is 11.5 Å². The van der Waals surface area contributed by atoms with Gasteiger partial charge in [0.25, 0.3) is 5.91 Å². The molecule has 1 amide bonds. The first-order chi connectivity index (χ1) is 10.1. The molecular formula is C15H13F2NO3. The lowest BCUT2D eigenvalue weighted by atomic mass is 10.1. The summed E-state index contributed by atoms with van der Waals surface area (Å²) in [6.07, 6.45) is 0. The Bertz CT molecular complexity index is 652. The van der Waals surface area contributed by atoms with Gasteiger partial charge in [-0.15, -0.1) is 0 Å². The summed E-state index contributed by atoms with van der Waals surface area (Å²) in [5, 5.41) is 2.30. The molecule has 2 aromatic rings. The zero-order valence-electron chi connectivity index (χ0n) is 11.4. The minimum Gasteiger partial charge on any atom is -0.496 e. The molecule has 0 heterocycles. The molecule has 0 saturated carbocycles. The Balaban J connectivity index is 2.38. The average molecular weight is 293 g/mol. The van der Waals surface area contributed by atoms with Gasteiger partial charge < -0.3 is 14.8 Å². The predicted molar refractivity (Wildman–Crippen MR) is 73.9 cm³/mol. The van der Waals surface area contributed by atoms with Crippen molar-refractivity contribution in [1.29, 1.82) is 0 Å². The Morgan fingerprint density at radius 3 is 2.24 bits per heavy atom. The van der Waals surface area contributed by atoms with Crippen molar-refractivity contribution in [2.75, 3.05) is 19.5 Å². The maximum absolute atomic E-state index is 13.6. The van der Waals surface area contributed by atoms with Crippen LogP contribution < -0.4 is 14.8 Å². The smallest absolute Gasteiger partial charge is 0.263 e. The number of methoxy groups -OCH3 is 2. The first kappa shape index (κ1) is 14.8. The van der Waals surface area contributed by atoms with Crippen molar-refractivity contribution in [3.05, 3.63) is 53.6 Å². The molecule has 0 fully saturated rings. The minimum atomic E-state index is -0.737. The molecule has 0 atom stereocenters. The van der Waals surface area contributed by atoms with Crippen molar-refractivity contribution in [1.82, 2.24) is 0 Å². The fourth-order valence-corrected chi connectivity index (χ4v) is 1.85. The summed E-state index contributed by atoms with van der Waals surface area (Å²) in [6.45, 7) is 0. The zero-order chi connectivity index (χ0) is 15.4. The lowest BCUT2D eigenvalue weighted by Gasteiger charge is -2.13. The van der Waals surface area contributed by atoms with E-state index in [4.69, 9.17) is 9.47 Å². The van der Waals surface area contributed by atoms with E-state index < -0.39 is 17.5 Å². The van der Waals surface area contributed by atoms with E-state index in [1.807, 2.05) is 0 Å². The molecule has 0 saturated heterocycles. The highest BCUT2D eigenvalue weighted by Crippen LogP contribution is 2.29. The molecule has 2 aromatic carbocycles. The van der Waals surface area contributed by atoms with Crippen LogP contribution in [-0.2, 0) is 0 Å². The van der Waals surface area contributed by atoms with Crippen molar-refractivity contribution in [2.24, 2.45) is 0 Å². The molecule has 0 radical (unpaired) electrons. The predicted octanol–water partition coefficient (Wildman–Crippen LogP) is 3.23. The molecule has 21 heavy (non-hydrogen) atoms. The van der Waals surface area contributed by atoms with Crippen molar-refractivity contribution in [3.8, 4) is 11.5 Å². The van der Waals surface area contributed by atoms with Crippen LogP contribution >= 0.6 is 0 Å². The van der Waals surface area contributed by atoms with Crippen LogP contribution in [0.1, 0.15) is 10.4 Å². The topological polar surface area (TPSA) is 47.6 Å². The summed E-state index contributed by atoms with van der Waals surface area (Å²) < 4.78 is 36.9. The van der Waals surface area contributed by atoms with Gasteiger partial charge in [-0.3, -0.25) is 4.79 Å². The molecule has 2 rings (SSSR count). The molecule has 6 heteroatoms. The molecule has 0 aliphatic heterocycles. The first-order valence-corrected chi connectivity index (χ1v) is 6.04. The number of halogens is 2. The molecule has 0 spiro atoms. The number of nitrogens with one attached hydrogen (secondary N) is 1. The fourth-order valence-electron chi connectivity index (χ4n) is 1.85. The van der Waals surface area contributed by atoms with Gasteiger partial charge in [-0.25, -0.2) is 8.78 Å². The number of hydrogen-bond donors (Lipinski definition) is 1. The average Bonchev–Trinajstić information content (AvgIpc) is 2.49. The maximum Gasteiger partial charge on any atom is 0.263 e. The number of ether oxygens (including phenoxy) is 2. The van der Waals surface area contributed by atoms with Gasteiger partial charge in [-0.2, -0.15) is 0 Å². The van der Waals surface area contributed by atoms with Gasteiger partial charge in [-0.1, -0.05) is 6.07 Å². The molecule has 1 N–H and O–H groups in total. The third-order valence-corrected chi connectivity index (χ3v) is 2.83. The summed E-state index contributed by atoms with van der Waals surface area (Å²) in [7, 11) is 2.79. The van der Waals surface area contributed by atoms with Gasteiger partial charge >= 0.3 is 0 Å². The van der Waals surface area contributed by atoms with Crippen LogP contribution in [0.4, 0.5) is 14.5 Å². The summed E-state index contributed by atoms with van der Waals surface area (Å²) in [6, 6.07) is 7.59. The second kappa shape index (κ2) is 6.21. The fraction of sp³-hybridized carbons (Fsp3) is 0.133. The van der Waals surface area contributed by atoms with Crippen LogP contribution in [0.15, 0.2) is 36.4 Å². The lowest BCUT2D eigenvalue weighted by Crippen LogP contribution is -2.15. The number of hydrogen-bond acceptors (Lipinski definition) is 3. The van der Waals surface area contributed by atoms with Crippen molar-refractivity contribution in [2.45, 2.75) is 0 Å². The third-order valence-electron chi connectivity index (χ3n) is 2.83. The highest BCUT2D eigenvalue weighted by molar-refractivity contribution is 6.08. The van der Waals surface area contributed by atoms with Gasteiger partial charge in [0, 0.05) is 6.07 Å². The van der Waals surface area contributed by atoms with Crippen LogP contribution in [0.3, 0.4) is 0 Å². The number of amides is 1. The summed E-state index contributed by atoms with van der Waals surface area (Å²) >= 11 is 0. The number of rotatable bonds is 4. The zero-order valence-corrected chi connectivity index (χ0v) is 11.4. The number of carbonyl (C=O) groups excluding carboxylic acids is 1. The van der Waals surface area contributed by atoms with Crippen LogP contribution in [-0.4, -0.2) is 20.1 Å². The molecule has 0 unspecified atom stereocenters. The van der Waals surface area contributed by atoms with Crippen molar-refractivity contribution >= 4 is 11.6 Å². The van der Waals surface area contributed by atoms with Gasteiger partial charge in [0.15, 0.2) is 0 Å². The number of anilines is 1. The Morgan fingerprint density at radius 2 is 1.67 bits per heavy atom. The Hall–Kier alpha value is -2.63. The number of carbonyl (C=O) groups is 1. The van der Waals surface area contributed by atoms with E-state index in [1.54, 1.807) is 18.2 Å². The largest absolute Gasteiger partial charge is 0.496 e. The molecule has 0 aromatic heterocycles. The van der Waals surface area contributed by atoms with E-state index in [1.165, 1.54) is 14.2 Å². The molecule has 0 aliphatic carbocycles. The van der Waals surface area contributed by atoms with E-state index in [-0.39, 0.29) is 22.7 Å². The summed E-state index contributed by atoms with van der Waals surface area (Å²) in [5.41, 5.74) is -0.154. The van der Waals surface area contributed by atoms with E-state index in [9.17, 15) is 13.6 Å². The van der Waals surface area contributed by atoms with Gasteiger partial charge in [0.05, 0.1) is 19.9 Å². The minimum absolute atomic E-state index is 0.103. The second-order valence-electron chi connectivity index (χ2n) is 4.12. The SMILES string of the molecule is COc1cccc(OC)c1C(=O)Nc1cc(F)ccc1F. The van der Waals surface area contributed by atoms with Crippen LogP contribution in [0.2, 0.25) is 0 Å². The third kappa shape index (κ3) is 3.10. The van der Waals surface area contributed by atoms with E-state index in [0.29, 0.717) is 0 Å². The van der Waals surface area contributed by atoms with Gasteiger partial charge in [0.1, 0.15) is 28.7 Å². The van der Waals surface area contributed by atoms with Crippen molar-refractivity contribution < 1.29 is 23.0 Å². The Morgan fingerprint density at radius 1 is 1.05 bits per heavy atom. The standard InChI is InChI=1S/C15H13F2NO3/c1-20-12-4-3-5-13(21-2)14(12)15(19)18-11-8-9(16)6-7-10(11)17/h3-8H,1-2H3,(H,18,19). The Labute approximate surface area is 120 Å². The normalized spacial score (nSPS) is 10.1. The quantitative estimate of drug-likeness (QED) is 0.941. The molecule has 0 bridgehead atoms. The van der Waals surface area contributed by atoms with Crippen molar-refractivity contribution in [3.63, 3.8) is 0 Å². The highest BCUT2D eigenvalue weighted by Gasteiger charge is 2.19. The monoisotopic (exact) mass is 293 g/mol. The van der Waals surface area contributed by atoms with Gasteiger partial charge in [-0.05, 0) is 24.3 Å². The van der Waals surface area contributed by atoms with E-state index >= 15 is 0 Å². The number of benzene rings is 2. The van der Waals surface area contributed by atoms with Crippen LogP contribution in [0.25, 0.3) is 0 Å². The molecular weight excluding hydrogens is 280 g/mol. The summed E-state index contributed by atoms with van der Waals surface area (Å²) in [4.78, 5) is 12.3. The Kier molecular flexibility index (Phi) is 4.37. The van der Waals surface area contributed by atoms with Crippen LogP contribution in [0, 0.1) is 11.6 Å². The van der Waals surface area contributed by atoms with E-state index in [2.05, 4.69) is 5.32 Å². The molecule has 0 aliphatic rings. The second-order valence-corrected chi connectivity index (χ2v) is 4.12. The molecule has 110 valence electrons. The highest BCUT2D eigenvalue weighted by atomic mass is 19.1. The van der Waals surface area contributed by atoms with Gasteiger partial charge in [0.2, 0.25) is 0 Å². The lowest BCUT2D eigenvalue weighted by molar-refractivity contribution is 0.102. The summed E-state index contributed by atoms with van der Waals surface area (Å²) in [5.74, 6) is -1.52. The first-order valence-electron chi connectivity index (χ1n) is 6.04.